The van der Waals surface area contributed by atoms with Gasteiger partial charge in [0.25, 0.3) is 8.32 Å². The molecule has 1 aliphatic heterocycles. The highest BCUT2D eigenvalue weighted by atomic mass is 32.1. The van der Waals surface area contributed by atoms with E-state index in [0.29, 0.717) is 6.42 Å². The van der Waals surface area contributed by atoms with Crippen LogP contribution >= 0.6 is 11.3 Å². The molecule has 0 spiro atoms. The van der Waals surface area contributed by atoms with Crippen LogP contribution in [0.3, 0.4) is 0 Å². The van der Waals surface area contributed by atoms with Crippen LogP contribution in [0.4, 0.5) is 0 Å². The molecule has 0 saturated heterocycles. The van der Waals surface area contributed by atoms with E-state index < -0.39 is 46.3 Å². The molecule has 0 aliphatic carbocycles. The van der Waals surface area contributed by atoms with E-state index in [4.69, 9.17) is 13.6 Å². The fourth-order valence-corrected chi connectivity index (χ4v) is 14.6. The van der Waals surface area contributed by atoms with Gasteiger partial charge in [-0.3, -0.25) is 4.79 Å². The molecule has 0 saturated carbocycles. The molecule has 3 aromatic carbocycles. The van der Waals surface area contributed by atoms with Gasteiger partial charge in [-0.2, -0.15) is 0 Å². The van der Waals surface area contributed by atoms with Gasteiger partial charge in [0, 0.05) is 23.1 Å². The molecule has 6 nitrogen and oxygen atoms in total. The molecule has 0 amide bonds. The molecule has 59 heavy (non-hydrogen) atoms. The molecule has 0 bridgehead atoms. The zero-order valence-corrected chi connectivity index (χ0v) is 40.2. The van der Waals surface area contributed by atoms with E-state index in [0.717, 1.165) is 51.1 Å². The van der Waals surface area contributed by atoms with E-state index in [1.807, 2.05) is 25.3 Å². The Bertz CT molecular complexity index is 1890. The average molecular weight is 852 g/mol. The lowest BCUT2D eigenvalue weighted by atomic mass is 9.71. The summed E-state index contributed by atoms with van der Waals surface area (Å²) in [5, 5.41) is 18.9. The molecule has 6 atom stereocenters. The molecule has 1 N–H and O–H groups in total. The summed E-state index contributed by atoms with van der Waals surface area (Å²) in [5.74, 6) is -0.416. The molecular formula is C50H69NO5SSi2. The molecule has 5 rings (SSSR count). The zero-order valence-electron chi connectivity index (χ0n) is 37.4. The Labute approximate surface area is 361 Å². The Morgan fingerprint density at radius 3 is 1.93 bits per heavy atom. The number of carbonyl (C=O) groups is 1. The summed E-state index contributed by atoms with van der Waals surface area (Å²) in [4.78, 5) is 18.7. The summed E-state index contributed by atoms with van der Waals surface area (Å²) in [6.07, 6.45) is 7.32. The predicted molar refractivity (Wildman–Crippen MR) is 252 cm³/mol. The van der Waals surface area contributed by atoms with Crippen molar-refractivity contribution in [3.05, 3.63) is 125 Å². The number of hydrogen-bond donors (Lipinski definition) is 1. The van der Waals surface area contributed by atoms with Gasteiger partial charge in [-0.1, -0.05) is 152 Å². The van der Waals surface area contributed by atoms with Crippen LogP contribution in [0.1, 0.15) is 98.2 Å². The standard InChI is InChI=1S/C50H69NO5SSi2/c1-36-25-17-12-13-24-32-44(37(2)33-40-35-57-39(4)51-40)54-46(53)34-45(52)50(8,9)48(38(3)47(36)55-58(10,11)49(5,6)7)56-59(41-26-18-14-19-27-41,42-28-20-15-21-29-42)43-30-22-16-23-31-43/h13-16,18-24,26-31,33,35-36,38,44-45,47-48,52H,12,17,25,32,34H2,1-11H3/b24-13-,37-33+/t36-,38-,44+,45-,47-,48+/m0/s1. The van der Waals surface area contributed by atoms with Crippen LogP contribution in [0.2, 0.25) is 18.1 Å². The predicted octanol–water partition coefficient (Wildman–Crippen LogP) is 10.4. The maximum Gasteiger partial charge on any atom is 0.309 e. The minimum absolute atomic E-state index is 0.0162. The number of thiazole rings is 1. The summed E-state index contributed by atoms with van der Waals surface area (Å²) in [6, 6.07) is 31.8. The fraction of sp³-hybridized carbons (Fsp3) is 0.480. The third-order valence-electron chi connectivity index (χ3n) is 12.9. The van der Waals surface area contributed by atoms with E-state index in [1.165, 1.54) is 0 Å². The number of benzene rings is 3. The van der Waals surface area contributed by atoms with Crippen molar-refractivity contribution in [3.63, 3.8) is 0 Å². The van der Waals surface area contributed by atoms with Gasteiger partial charge < -0.3 is 18.7 Å². The van der Waals surface area contributed by atoms with Gasteiger partial charge in [0.2, 0.25) is 0 Å². The van der Waals surface area contributed by atoms with Gasteiger partial charge in [0.05, 0.1) is 35.4 Å². The Kier molecular flexibility index (Phi) is 15.8. The van der Waals surface area contributed by atoms with E-state index >= 15 is 0 Å². The quantitative estimate of drug-likeness (QED) is 0.0782. The number of rotatable bonds is 9. The van der Waals surface area contributed by atoms with Crippen molar-refractivity contribution < 1.29 is 23.5 Å². The summed E-state index contributed by atoms with van der Waals surface area (Å²) in [5.41, 5.74) is 0.847. The van der Waals surface area contributed by atoms with E-state index in [-0.39, 0.29) is 29.4 Å². The van der Waals surface area contributed by atoms with Gasteiger partial charge in [-0.15, -0.1) is 11.3 Å². The maximum atomic E-state index is 14.1. The summed E-state index contributed by atoms with van der Waals surface area (Å²) in [7, 11) is -5.62. The van der Waals surface area contributed by atoms with Crippen molar-refractivity contribution in [1.29, 1.82) is 0 Å². The molecule has 0 fully saturated rings. The second kappa shape index (κ2) is 20.0. The molecule has 318 valence electrons. The summed E-state index contributed by atoms with van der Waals surface area (Å²) >= 11 is 1.60. The van der Waals surface area contributed by atoms with Crippen LogP contribution in [-0.2, 0) is 18.4 Å². The first-order valence-electron chi connectivity index (χ1n) is 21.5. The maximum absolute atomic E-state index is 14.1. The highest BCUT2D eigenvalue weighted by molar-refractivity contribution is 7.09. The second-order valence-electron chi connectivity index (χ2n) is 18.8. The van der Waals surface area contributed by atoms with Gasteiger partial charge in [-0.25, -0.2) is 4.98 Å². The van der Waals surface area contributed by atoms with Crippen LogP contribution in [-0.4, -0.2) is 57.1 Å². The average Bonchev–Trinajstić information content (AvgIpc) is 3.61. The lowest BCUT2D eigenvalue weighted by Crippen LogP contribution is -2.72. The minimum atomic E-state index is -3.31. The number of aromatic nitrogens is 1. The topological polar surface area (TPSA) is 77.9 Å². The molecule has 1 aliphatic rings. The smallest absolute Gasteiger partial charge is 0.309 e. The first-order valence-corrected chi connectivity index (χ1v) is 27.2. The molecule has 0 radical (unpaired) electrons. The third-order valence-corrected chi connectivity index (χ3v) is 22.2. The highest BCUT2D eigenvalue weighted by Crippen LogP contribution is 2.44. The number of aliphatic hydroxyl groups excluding tert-OH is 1. The molecule has 4 aromatic rings. The molecule has 2 heterocycles. The Balaban J connectivity index is 1.68. The van der Waals surface area contributed by atoms with Gasteiger partial charge in [0.1, 0.15) is 6.10 Å². The number of aryl methyl sites for hydroxylation is 1. The van der Waals surface area contributed by atoms with Crippen molar-refractivity contribution in [1.82, 2.24) is 4.98 Å². The number of allylic oxidation sites excluding steroid dienone is 1. The van der Waals surface area contributed by atoms with Crippen LogP contribution in [0.5, 0.6) is 0 Å². The van der Waals surface area contributed by atoms with E-state index in [2.05, 4.69) is 170 Å². The number of esters is 1. The van der Waals surface area contributed by atoms with Crippen LogP contribution in [0, 0.1) is 24.2 Å². The lowest BCUT2D eigenvalue weighted by molar-refractivity contribution is -0.154. The normalized spacial score (nSPS) is 24.9. The minimum Gasteiger partial charge on any atom is -0.457 e. The van der Waals surface area contributed by atoms with Crippen LogP contribution in [0.25, 0.3) is 6.08 Å². The second-order valence-corrected chi connectivity index (χ2v) is 28.0. The molecule has 9 heteroatoms. The number of hydrogen-bond acceptors (Lipinski definition) is 7. The third kappa shape index (κ3) is 11.3. The van der Waals surface area contributed by atoms with Crippen LogP contribution in [0.15, 0.2) is 114 Å². The van der Waals surface area contributed by atoms with Crippen LogP contribution < -0.4 is 15.6 Å². The summed E-state index contributed by atoms with van der Waals surface area (Å²) in [6.45, 7) is 24.3. The largest absolute Gasteiger partial charge is 0.457 e. The molecule has 0 unspecified atom stereocenters. The lowest BCUT2D eigenvalue weighted by Gasteiger charge is -2.51. The van der Waals surface area contributed by atoms with Crippen molar-refractivity contribution in [2.45, 2.75) is 137 Å². The SMILES string of the molecule is C/C(=C\c1csc(C)n1)[C@H]1C/C=C\CCC[C@H](C)[C@H](O[Si](C)(C)C(C)(C)C)[C@H](C)[C@@H](O[Si](c2ccccc2)(c2ccccc2)c2ccccc2)C(C)(C)[C@@H](O)CC(=O)O1. The summed E-state index contributed by atoms with van der Waals surface area (Å²) < 4.78 is 21.9. The van der Waals surface area contributed by atoms with Gasteiger partial charge in [0.15, 0.2) is 8.32 Å². The number of ether oxygens (including phenoxy) is 1. The van der Waals surface area contributed by atoms with Crippen molar-refractivity contribution in [2.75, 3.05) is 0 Å². The van der Waals surface area contributed by atoms with E-state index in [9.17, 15) is 9.90 Å². The zero-order chi connectivity index (χ0) is 43.0. The Morgan fingerprint density at radius 2 is 1.44 bits per heavy atom. The van der Waals surface area contributed by atoms with Gasteiger partial charge in [-0.05, 0) is 84.4 Å². The van der Waals surface area contributed by atoms with Crippen molar-refractivity contribution >= 4 is 55.6 Å². The molecule has 1 aromatic heterocycles. The van der Waals surface area contributed by atoms with E-state index in [1.54, 1.807) is 11.3 Å². The first-order chi connectivity index (χ1) is 27.9. The molecular weight excluding hydrogens is 783 g/mol. The van der Waals surface area contributed by atoms with Gasteiger partial charge >= 0.3 is 5.97 Å². The van der Waals surface area contributed by atoms with Crippen molar-refractivity contribution in [3.8, 4) is 0 Å². The number of carbonyl (C=O) groups excluding carboxylic acids is 1. The Morgan fingerprint density at radius 1 is 0.898 bits per heavy atom. The van der Waals surface area contributed by atoms with Crippen molar-refractivity contribution in [2.24, 2.45) is 17.3 Å². The fourth-order valence-electron chi connectivity index (χ4n) is 8.26. The number of aliphatic hydroxyl groups is 1. The number of nitrogens with zero attached hydrogens (tertiary/aromatic N) is 1. The first kappa shape index (κ1) is 46.6. The number of cyclic esters (lactones) is 1. The monoisotopic (exact) mass is 851 g/mol. The Hall–Kier alpha value is -3.45. The highest BCUT2D eigenvalue weighted by Gasteiger charge is 2.53.